The molecule has 4 aliphatic carbocycles. The van der Waals surface area contributed by atoms with Gasteiger partial charge in [-0.15, -0.1) is 0 Å². The number of nitrogen functional groups attached to an aromatic ring is 3. The Labute approximate surface area is 536 Å². The van der Waals surface area contributed by atoms with Crippen molar-refractivity contribution in [1.82, 2.24) is 58.6 Å². The topological polar surface area (TPSA) is 424 Å². The van der Waals surface area contributed by atoms with Gasteiger partial charge in [-0.05, 0) is 91.3 Å². The zero-order valence-corrected chi connectivity index (χ0v) is 54.6. The number of hydrogen-bond donors (Lipinski definition) is 7. The second-order valence-corrected chi connectivity index (χ2v) is 30.1. The Bertz CT molecular complexity index is 3820. The van der Waals surface area contributed by atoms with Crippen LogP contribution < -0.4 is 17.2 Å². The number of nitrogens with two attached hydrogens (primary N) is 3. The van der Waals surface area contributed by atoms with E-state index in [9.17, 15) is 33.9 Å². The van der Waals surface area contributed by atoms with E-state index >= 15 is 0 Å². The monoisotopic (exact) mass is 1330 g/mol. The molecule has 3 saturated carbocycles. The molecule has 6 aromatic rings. The number of esters is 1. The van der Waals surface area contributed by atoms with Crippen LogP contribution in [0.5, 0.6) is 0 Å². The molecule has 13 rings (SSSR count). The first-order valence-electron chi connectivity index (χ1n) is 32.4. The van der Waals surface area contributed by atoms with Crippen LogP contribution in [0, 0.1) is 46.3 Å². The average Bonchev–Trinajstić information content (AvgIpc) is 1.71. The number of phosphoric ester groups is 2. The van der Waals surface area contributed by atoms with Crippen LogP contribution in [0.15, 0.2) is 49.6 Å². The van der Waals surface area contributed by atoms with Crippen LogP contribution in [0.25, 0.3) is 33.5 Å². The molecule has 0 amide bonds. The second-order valence-electron chi connectivity index (χ2n) is 27.3. The number of nitrogens with zero attached hydrogens (tertiary/aromatic N) is 12. The van der Waals surface area contributed by atoms with Gasteiger partial charge >= 0.3 is 21.6 Å². The number of hydrogen-bond acceptors (Lipinski definition) is 26. The summed E-state index contributed by atoms with van der Waals surface area (Å²) in [5.74, 6) is 4.01. The largest absolute Gasteiger partial charge is 0.472 e. The number of carbonyl (C=O) groups is 1. The Morgan fingerprint density at radius 3 is 1.87 bits per heavy atom. The number of anilines is 3. The first kappa shape index (κ1) is 65.9. The molecule has 6 aromatic heterocycles. The third kappa shape index (κ3) is 13.0. The molecule has 10 N–H and O–H groups in total. The minimum atomic E-state index is -5.19. The van der Waals surface area contributed by atoms with Crippen molar-refractivity contribution in [2.24, 2.45) is 46.3 Å². The first-order valence-corrected chi connectivity index (χ1v) is 35.4. The average molecular weight is 1330 g/mol. The Morgan fingerprint density at radius 1 is 0.710 bits per heavy atom. The van der Waals surface area contributed by atoms with E-state index in [1.54, 1.807) is 0 Å². The fourth-order valence-electron chi connectivity index (χ4n) is 16.8. The standard InChI is InChI=1S/C60H85N15O16P2/c1-31(2)7-6-8-32(3)38-11-12-39-37-10-9-33-19-34(13-16-59(33,4)40(37)14-17-60(38,39)5)86-44(77)15-18-83-49-43(89-58(48(49)78)75-30-72-47-52(63)66-27-69-55(47)75)24-85-93(81,82)91-42-21-36(88-57(42)74-29-71-46-51(62)65-26-68-54(46)74)23-84-92(79,80)90-41-20-35(22-76)87-56(41)73-28-70-45-50(61)64-25-67-53(45)73/h9,25-32,34-43,48-49,56-58,76,78H,6-8,10-24H2,1-5H3,(H,79,80)(H,81,82)(H2,61,64,67)(H2,62,65,68)(H2,63,66,69)/t32-,34+,35+,36+,37+,38-,39+,40+,41-,42-,43-,48-,49-,56-,57-,58-,59+,60-/m1/s1. The van der Waals surface area contributed by atoms with Crippen LogP contribution in [0.2, 0.25) is 0 Å². The molecule has 506 valence electrons. The summed E-state index contributed by atoms with van der Waals surface area (Å²) in [4.78, 5) is 74.2. The number of aromatic nitrogens is 12. The number of fused-ring (bicyclic) bond motifs is 8. The Morgan fingerprint density at radius 2 is 1.28 bits per heavy atom. The van der Waals surface area contributed by atoms with Gasteiger partial charge in [0, 0.05) is 19.3 Å². The van der Waals surface area contributed by atoms with Gasteiger partial charge < -0.3 is 60.9 Å². The number of allylic oxidation sites excluding steroid dienone is 1. The molecule has 2 unspecified atom stereocenters. The summed E-state index contributed by atoms with van der Waals surface area (Å²) >= 11 is 0. The van der Waals surface area contributed by atoms with Crippen molar-refractivity contribution in [1.29, 1.82) is 0 Å². The highest BCUT2D eigenvalue weighted by molar-refractivity contribution is 7.47. The van der Waals surface area contributed by atoms with Crippen molar-refractivity contribution in [2.45, 2.75) is 192 Å². The van der Waals surface area contributed by atoms with Crippen molar-refractivity contribution >= 4 is 72.6 Å². The van der Waals surface area contributed by atoms with Gasteiger partial charge in [0.05, 0.1) is 64.0 Å². The fourth-order valence-corrected chi connectivity index (χ4v) is 18.7. The summed E-state index contributed by atoms with van der Waals surface area (Å²) < 4.78 is 86.1. The van der Waals surface area contributed by atoms with Crippen LogP contribution >= 0.6 is 15.6 Å². The number of rotatable bonds is 24. The predicted octanol–water partition coefficient (Wildman–Crippen LogP) is 6.81. The van der Waals surface area contributed by atoms with Crippen LogP contribution in [0.3, 0.4) is 0 Å². The van der Waals surface area contributed by atoms with E-state index in [1.165, 1.54) is 102 Å². The molecule has 3 aliphatic heterocycles. The molecule has 7 aliphatic rings. The lowest BCUT2D eigenvalue weighted by Gasteiger charge is -2.58. The molecule has 6 fully saturated rings. The second kappa shape index (κ2) is 26.3. The maximum absolute atomic E-state index is 14.3. The van der Waals surface area contributed by atoms with Crippen LogP contribution in [0.4, 0.5) is 17.5 Å². The van der Waals surface area contributed by atoms with Gasteiger partial charge in [-0.3, -0.25) is 36.6 Å². The first-order chi connectivity index (χ1) is 44.5. The Hall–Kier alpha value is -5.76. The molecular formula is C60H85N15O16P2. The molecule has 0 aromatic carbocycles. The quantitative estimate of drug-likeness (QED) is 0.0186. The minimum Gasteiger partial charge on any atom is -0.462 e. The van der Waals surface area contributed by atoms with Crippen LogP contribution in [0.1, 0.15) is 143 Å². The molecule has 0 bridgehead atoms. The number of phosphoric acid groups is 2. The maximum Gasteiger partial charge on any atom is 0.472 e. The highest BCUT2D eigenvalue weighted by Gasteiger charge is 2.60. The van der Waals surface area contributed by atoms with Gasteiger partial charge in [0.25, 0.3) is 0 Å². The third-order valence-corrected chi connectivity index (χ3v) is 23.3. The fraction of sp³-hybridized carbons (Fsp3) is 0.700. The molecule has 0 radical (unpaired) electrons. The van der Waals surface area contributed by atoms with E-state index in [2.05, 4.69) is 85.6 Å². The summed E-state index contributed by atoms with van der Waals surface area (Å²) in [6, 6.07) is 0. The van der Waals surface area contributed by atoms with Crippen molar-refractivity contribution < 1.29 is 75.7 Å². The summed E-state index contributed by atoms with van der Waals surface area (Å²) in [5, 5.41) is 22.0. The minimum absolute atomic E-state index is 0.0266. The SMILES string of the molecule is CC(C)CCC[C@@H](C)[C@H]1CC[C@H]2[C@@H]3CC=C4C[C@@H](OC(=O)CCO[C@H]5[C@@H](O)[C@H](n6cnc7c(N)ncnc76)O[C@@H]5COP(=O)(O)O[C@@H]5C[C@@H](COP(=O)(O)O[C@@H]6C[C@@H](CO)O[C@H]6n6cnc7c(N)ncnc76)O[C@H]5n5cnc6c(N)ncnc65)CC[C@]4(C)[C@H]3CC[C@]12C. The van der Waals surface area contributed by atoms with Crippen molar-refractivity contribution in [3.63, 3.8) is 0 Å². The summed E-state index contributed by atoms with van der Waals surface area (Å²) in [6.45, 7) is 10.2. The lowest BCUT2D eigenvalue weighted by molar-refractivity contribution is -0.154. The highest BCUT2D eigenvalue weighted by atomic mass is 31.2. The zero-order chi connectivity index (χ0) is 65.3. The number of aliphatic hydroxyl groups is 2. The maximum atomic E-state index is 14.3. The lowest BCUT2D eigenvalue weighted by Crippen LogP contribution is -2.51. The zero-order valence-electron chi connectivity index (χ0n) is 52.8. The highest BCUT2D eigenvalue weighted by Crippen LogP contribution is 2.68. The molecule has 3 saturated heterocycles. The van der Waals surface area contributed by atoms with Gasteiger partial charge in [0.15, 0.2) is 53.1 Å². The molecule has 33 heteroatoms. The van der Waals surface area contributed by atoms with Crippen molar-refractivity contribution in [3.8, 4) is 0 Å². The number of ether oxygens (including phenoxy) is 5. The van der Waals surface area contributed by atoms with Gasteiger partial charge in [-0.25, -0.2) is 54.0 Å². The lowest BCUT2D eigenvalue weighted by atomic mass is 9.47. The van der Waals surface area contributed by atoms with Crippen LogP contribution in [-0.2, 0) is 55.7 Å². The molecular weight excluding hydrogens is 1250 g/mol. The predicted molar refractivity (Wildman–Crippen MR) is 332 cm³/mol. The van der Waals surface area contributed by atoms with Crippen molar-refractivity contribution in [2.75, 3.05) is 43.6 Å². The van der Waals surface area contributed by atoms with E-state index in [0.717, 1.165) is 42.9 Å². The third-order valence-electron chi connectivity index (χ3n) is 21.3. The summed E-state index contributed by atoms with van der Waals surface area (Å²) in [7, 11) is -10.2. The van der Waals surface area contributed by atoms with Gasteiger partial charge in [0.1, 0.15) is 72.2 Å². The molecule has 31 nitrogen and oxygen atoms in total. The Balaban J connectivity index is 0.657. The smallest absolute Gasteiger partial charge is 0.462 e. The van der Waals surface area contributed by atoms with Gasteiger partial charge in [0.2, 0.25) is 0 Å². The van der Waals surface area contributed by atoms with Gasteiger partial charge in [-0.2, -0.15) is 0 Å². The number of aliphatic hydroxyl groups excluding tert-OH is 2. The van der Waals surface area contributed by atoms with E-state index in [-0.39, 0.29) is 88.3 Å². The molecule has 93 heavy (non-hydrogen) atoms. The summed E-state index contributed by atoms with van der Waals surface area (Å²) in [5.41, 5.74) is 21.4. The molecule has 20 atom stereocenters. The van der Waals surface area contributed by atoms with Gasteiger partial charge in [-0.1, -0.05) is 65.5 Å². The van der Waals surface area contributed by atoms with E-state index in [0.29, 0.717) is 23.7 Å². The van der Waals surface area contributed by atoms with Crippen LogP contribution in [-0.4, -0.2) is 160 Å². The summed E-state index contributed by atoms with van der Waals surface area (Å²) in [6.07, 6.45) is 9.75. The van der Waals surface area contributed by atoms with E-state index < -0.39 is 103 Å². The number of imidazole rings is 3. The van der Waals surface area contributed by atoms with E-state index in [1.807, 2.05) is 0 Å². The van der Waals surface area contributed by atoms with Crippen molar-refractivity contribution in [3.05, 3.63) is 49.6 Å². The Kier molecular flexibility index (Phi) is 18.7. The number of carbonyl (C=O) groups excluding carboxylic acids is 1. The van der Waals surface area contributed by atoms with E-state index in [4.69, 9.17) is 59.0 Å². The molecule has 9 heterocycles. The normalized spacial score (nSPS) is 34.4. The molecule has 0 spiro atoms.